The fourth-order valence-corrected chi connectivity index (χ4v) is 1.84. The van der Waals surface area contributed by atoms with Gasteiger partial charge in [-0.25, -0.2) is 4.39 Å². The van der Waals surface area contributed by atoms with Gasteiger partial charge in [0.2, 0.25) is 0 Å². The molecule has 2 rings (SSSR count). The number of hydrogen-bond acceptors (Lipinski definition) is 2. The molecular formula is C11H10F3NO2. The van der Waals surface area contributed by atoms with Gasteiger partial charge in [-0.05, 0) is 17.7 Å². The van der Waals surface area contributed by atoms with Crippen LogP contribution in [-0.4, -0.2) is 25.0 Å². The fraction of sp³-hybridized carbons (Fsp3) is 0.364. The molecule has 0 aliphatic carbocycles. The third-order valence-corrected chi connectivity index (χ3v) is 3.00. The topological polar surface area (TPSA) is 52.3 Å². The number of carbonyl (C=O) groups excluding carboxylic acids is 1. The van der Waals surface area contributed by atoms with Crippen molar-refractivity contribution in [1.82, 2.24) is 0 Å². The number of ether oxygens (including phenoxy) is 1. The summed E-state index contributed by atoms with van der Waals surface area (Å²) in [6, 6.07) is 4.56. The van der Waals surface area contributed by atoms with E-state index in [-0.39, 0.29) is 18.8 Å². The smallest absolute Gasteiger partial charge is 0.338 e. The van der Waals surface area contributed by atoms with Gasteiger partial charge < -0.3 is 10.5 Å². The van der Waals surface area contributed by atoms with Gasteiger partial charge in [0, 0.05) is 0 Å². The van der Waals surface area contributed by atoms with Crippen LogP contribution in [0.4, 0.5) is 13.2 Å². The zero-order chi connectivity index (χ0) is 12.7. The molecule has 0 radical (unpaired) electrons. The number of primary amides is 1. The Morgan fingerprint density at radius 2 is 1.82 bits per heavy atom. The minimum atomic E-state index is -3.72. The first kappa shape index (κ1) is 11.9. The summed E-state index contributed by atoms with van der Waals surface area (Å²) < 4.78 is 45.1. The highest BCUT2D eigenvalue weighted by molar-refractivity contribution is 5.84. The largest absolute Gasteiger partial charge is 0.379 e. The average molecular weight is 245 g/mol. The van der Waals surface area contributed by atoms with Crippen molar-refractivity contribution < 1.29 is 22.7 Å². The first-order valence-electron chi connectivity index (χ1n) is 4.92. The van der Waals surface area contributed by atoms with Crippen LogP contribution in [0.5, 0.6) is 0 Å². The Labute approximate surface area is 95.4 Å². The molecule has 1 aliphatic rings. The number of carbonyl (C=O) groups is 1. The summed E-state index contributed by atoms with van der Waals surface area (Å²) in [6.07, 6.45) is 0. The lowest BCUT2D eigenvalue weighted by molar-refractivity contribution is -0.198. The minimum absolute atomic E-state index is 0.147. The Balaban J connectivity index is 2.45. The normalized spacial score (nSPS) is 18.5. The van der Waals surface area contributed by atoms with Gasteiger partial charge >= 0.3 is 5.92 Å². The standard InChI is InChI=1S/C11H10F3NO2/c12-8-3-1-7(2-4-8)10(5-17-6-10)11(13,14)9(15)16/h1-4H,5-6H2,(H2,15,16). The fourth-order valence-electron chi connectivity index (χ4n) is 1.84. The van der Waals surface area contributed by atoms with Gasteiger partial charge in [-0.15, -0.1) is 0 Å². The van der Waals surface area contributed by atoms with E-state index in [1.54, 1.807) is 0 Å². The molecule has 1 heterocycles. The SMILES string of the molecule is NC(=O)C(F)(F)C1(c2ccc(F)cc2)COC1. The zero-order valence-corrected chi connectivity index (χ0v) is 8.75. The van der Waals surface area contributed by atoms with Crippen molar-refractivity contribution in [2.45, 2.75) is 11.3 Å². The van der Waals surface area contributed by atoms with E-state index >= 15 is 0 Å². The first-order valence-corrected chi connectivity index (χ1v) is 4.92. The number of halogens is 3. The summed E-state index contributed by atoms with van der Waals surface area (Å²) in [5.41, 5.74) is 3.09. The highest BCUT2D eigenvalue weighted by atomic mass is 19.3. The van der Waals surface area contributed by atoms with Crippen LogP contribution in [0, 0.1) is 5.82 Å². The molecule has 0 aromatic heterocycles. The maximum atomic E-state index is 13.8. The predicted octanol–water partition coefficient (Wildman–Crippen LogP) is 1.21. The van der Waals surface area contributed by atoms with Crippen molar-refractivity contribution in [1.29, 1.82) is 0 Å². The molecule has 1 aromatic rings. The van der Waals surface area contributed by atoms with E-state index < -0.39 is 23.1 Å². The van der Waals surface area contributed by atoms with Gasteiger partial charge in [0.15, 0.2) is 0 Å². The second kappa shape index (κ2) is 3.73. The van der Waals surface area contributed by atoms with Gasteiger partial charge in [0.1, 0.15) is 11.2 Å². The van der Waals surface area contributed by atoms with Crippen LogP contribution in [0.25, 0.3) is 0 Å². The van der Waals surface area contributed by atoms with Crippen LogP contribution >= 0.6 is 0 Å². The Bertz CT molecular complexity index is 441. The number of benzene rings is 1. The van der Waals surface area contributed by atoms with E-state index in [1.807, 2.05) is 0 Å². The lowest BCUT2D eigenvalue weighted by Gasteiger charge is -2.45. The van der Waals surface area contributed by atoms with E-state index in [9.17, 15) is 18.0 Å². The molecule has 0 spiro atoms. The summed E-state index contributed by atoms with van der Waals surface area (Å²) in [6.45, 7) is -0.622. The Hall–Kier alpha value is -1.56. The number of hydrogen-bond donors (Lipinski definition) is 1. The molecule has 17 heavy (non-hydrogen) atoms. The summed E-state index contributed by atoms with van der Waals surface area (Å²) in [5, 5.41) is 0. The van der Waals surface area contributed by atoms with Crippen molar-refractivity contribution in [3.05, 3.63) is 35.6 Å². The molecule has 3 nitrogen and oxygen atoms in total. The lowest BCUT2D eigenvalue weighted by atomic mass is 9.73. The predicted molar refractivity (Wildman–Crippen MR) is 53.0 cm³/mol. The molecule has 1 saturated heterocycles. The highest BCUT2D eigenvalue weighted by Crippen LogP contribution is 2.45. The molecule has 6 heteroatoms. The average Bonchev–Trinajstić information content (AvgIpc) is 2.18. The minimum Gasteiger partial charge on any atom is -0.379 e. The van der Waals surface area contributed by atoms with Crippen molar-refractivity contribution in [3.63, 3.8) is 0 Å². The number of rotatable bonds is 3. The van der Waals surface area contributed by atoms with Crippen molar-refractivity contribution >= 4 is 5.91 Å². The molecule has 1 amide bonds. The van der Waals surface area contributed by atoms with Crippen molar-refractivity contribution in [2.75, 3.05) is 13.2 Å². The van der Waals surface area contributed by atoms with E-state index in [0.29, 0.717) is 0 Å². The summed E-state index contributed by atoms with van der Waals surface area (Å²) in [4.78, 5) is 10.8. The molecule has 1 aromatic carbocycles. The van der Waals surface area contributed by atoms with Gasteiger partial charge in [-0.3, -0.25) is 4.79 Å². The van der Waals surface area contributed by atoms with Crippen LogP contribution in [-0.2, 0) is 14.9 Å². The van der Waals surface area contributed by atoms with Crippen LogP contribution in [0.1, 0.15) is 5.56 Å². The van der Waals surface area contributed by atoms with Crippen LogP contribution < -0.4 is 5.73 Å². The van der Waals surface area contributed by atoms with Crippen LogP contribution in [0.15, 0.2) is 24.3 Å². The van der Waals surface area contributed by atoms with Gasteiger partial charge in [0.05, 0.1) is 13.2 Å². The molecule has 2 N–H and O–H groups in total. The van der Waals surface area contributed by atoms with Crippen LogP contribution in [0.2, 0.25) is 0 Å². The monoisotopic (exact) mass is 245 g/mol. The molecule has 0 unspecified atom stereocenters. The summed E-state index contributed by atoms with van der Waals surface area (Å²) in [5.74, 6) is -5.96. The van der Waals surface area contributed by atoms with E-state index in [2.05, 4.69) is 0 Å². The van der Waals surface area contributed by atoms with Crippen LogP contribution in [0.3, 0.4) is 0 Å². The molecule has 0 saturated carbocycles. The molecule has 1 aliphatic heterocycles. The van der Waals surface area contributed by atoms with Gasteiger partial charge in [-0.2, -0.15) is 8.78 Å². The quantitative estimate of drug-likeness (QED) is 0.870. The number of amides is 1. The Morgan fingerprint density at radius 3 is 2.18 bits per heavy atom. The van der Waals surface area contributed by atoms with E-state index in [0.717, 1.165) is 12.1 Å². The second-order valence-corrected chi connectivity index (χ2v) is 4.02. The van der Waals surface area contributed by atoms with Crippen molar-refractivity contribution in [3.8, 4) is 0 Å². The molecule has 1 fully saturated rings. The molecule has 0 atom stereocenters. The third-order valence-electron chi connectivity index (χ3n) is 3.00. The first-order chi connectivity index (χ1) is 7.90. The van der Waals surface area contributed by atoms with E-state index in [4.69, 9.17) is 10.5 Å². The van der Waals surface area contributed by atoms with Gasteiger partial charge in [-0.1, -0.05) is 12.1 Å². The summed E-state index contributed by atoms with van der Waals surface area (Å²) >= 11 is 0. The second-order valence-electron chi connectivity index (χ2n) is 4.02. The number of nitrogens with two attached hydrogens (primary N) is 1. The van der Waals surface area contributed by atoms with Gasteiger partial charge in [0.25, 0.3) is 5.91 Å². The zero-order valence-electron chi connectivity index (χ0n) is 8.75. The van der Waals surface area contributed by atoms with Crippen molar-refractivity contribution in [2.24, 2.45) is 5.73 Å². The maximum absolute atomic E-state index is 13.8. The maximum Gasteiger partial charge on any atom is 0.338 e. The number of alkyl halides is 2. The lowest BCUT2D eigenvalue weighted by Crippen LogP contribution is -2.64. The van der Waals surface area contributed by atoms with E-state index in [1.165, 1.54) is 12.1 Å². The highest BCUT2D eigenvalue weighted by Gasteiger charge is 2.63. The molecule has 92 valence electrons. The molecular weight excluding hydrogens is 235 g/mol. The Morgan fingerprint density at radius 1 is 1.29 bits per heavy atom. The molecule has 0 bridgehead atoms. The Kier molecular flexibility index (Phi) is 2.61. The third kappa shape index (κ3) is 1.59. The summed E-state index contributed by atoms with van der Waals surface area (Å²) in [7, 11) is 0.